The first-order chi connectivity index (χ1) is 12.2. The van der Waals surface area contributed by atoms with Crippen LogP contribution >= 0.6 is 0 Å². The Kier molecular flexibility index (Phi) is 6.20. The highest BCUT2D eigenvalue weighted by molar-refractivity contribution is 5.81. The molecule has 1 amide bonds. The predicted molar refractivity (Wildman–Crippen MR) is 98.9 cm³/mol. The van der Waals surface area contributed by atoms with Crippen molar-refractivity contribution in [3.8, 4) is 0 Å². The first-order valence-electron chi connectivity index (χ1n) is 8.99. The van der Waals surface area contributed by atoms with Crippen molar-refractivity contribution < 1.29 is 9.90 Å². The molecule has 2 aromatic carbocycles. The zero-order chi connectivity index (χ0) is 17.5. The Bertz CT molecular complexity index is 660. The van der Waals surface area contributed by atoms with Crippen LogP contribution in [0.2, 0.25) is 0 Å². The summed E-state index contributed by atoms with van der Waals surface area (Å²) in [5.74, 6) is 0.121. The molecule has 0 bridgehead atoms. The molecule has 0 spiro atoms. The van der Waals surface area contributed by atoms with Gasteiger partial charge in [-0.15, -0.1) is 0 Å². The summed E-state index contributed by atoms with van der Waals surface area (Å²) < 4.78 is 0. The number of nitrogens with zero attached hydrogens (tertiary/aromatic N) is 1. The minimum absolute atomic E-state index is 0.314. The van der Waals surface area contributed by atoms with Crippen LogP contribution < -0.4 is 5.32 Å². The summed E-state index contributed by atoms with van der Waals surface area (Å²) in [7, 11) is 0. The van der Waals surface area contributed by atoms with E-state index in [1.807, 2.05) is 24.3 Å². The van der Waals surface area contributed by atoms with Gasteiger partial charge in [0.05, 0.1) is 0 Å². The highest BCUT2D eigenvalue weighted by atomic mass is 16.3. The molecule has 1 heterocycles. The second-order valence-corrected chi connectivity index (χ2v) is 6.79. The molecule has 0 radical (unpaired) electrons. The van der Waals surface area contributed by atoms with Crippen LogP contribution in [0.15, 0.2) is 60.7 Å². The van der Waals surface area contributed by atoms with E-state index in [1.165, 1.54) is 5.56 Å². The van der Waals surface area contributed by atoms with Crippen LogP contribution in [0.1, 0.15) is 30.1 Å². The Morgan fingerprint density at radius 2 is 1.80 bits per heavy atom. The first kappa shape index (κ1) is 17.6. The largest absolute Gasteiger partial charge is 0.378 e. The van der Waals surface area contributed by atoms with Gasteiger partial charge < -0.3 is 10.4 Å². The van der Waals surface area contributed by atoms with Gasteiger partial charge in [0, 0.05) is 19.6 Å². The SMILES string of the molecule is O=C(NCC1CCCN(Cc2ccccc2)C1)C(O)c1ccccc1. The third-order valence-corrected chi connectivity index (χ3v) is 4.78. The molecule has 0 aliphatic carbocycles. The summed E-state index contributed by atoms with van der Waals surface area (Å²) in [5, 5.41) is 13.1. The first-order valence-corrected chi connectivity index (χ1v) is 8.99. The fraction of sp³-hybridized carbons (Fsp3) is 0.381. The number of hydrogen-bond donors (Lipinski definition) is 2. The van der Waals surface area contributed by atoms with Gasteiger partial charge in [0.25, 0.3) is 5.91 Å². The lowest BCUT2D eigenvalue weighted by atomic mass is 9.97. The lowest BCUT2D eigenvalue weighted by Gasteiger charge is -2.33. The lowest BCUT2D eigenvalue weighted by molar-refractivity contribution is -0.129. The molecule has 25 heavy (non-hydrogen) atoms. The van der Waals surface area contributed by atoms with Crippen molar-refractivity contribution in [3.05, 3.63) is 71.8 Å². The molecular weight excluding hydrogens is 312 g/mol. The third kappa shape index (κ3) is 5.15. The van der Waals surface area contributed by atoms with Gasteiger partial charge in [0.2, 0.25) is 0 Å². The van der Waals surface area contributed by atoms with Crippen molar-refractivity contribution in [3.63, 3.8) is 0 Å². The van der Waals surface area contributed by atoms with E-state index in [9.17, 15) is 9.90 Å². The molecule has 0 aromatic heterocycles. The molecule has 1 saturated heterocycles. The number of piperidine rings is 1. The van der Waals surface area contributed by atoms with Gasteiger partial charge in [0.1, 0.15) is 0 Å². The van der Waals surface area contributed by atoms with Crippen LogP contribution in [-0.4, -0.2) is 35.5 Å². The summed E-state index contributed by atoms with van der Waals surface area (Å²) in [5.41, 5.74) is 1.96. The standard InChI is InChI=1S/C21H26N2O2/c24-20(19-11-5-2-6-12-19)21(25)22-14-18-10-7-13-23(16-18)15-17-8-3-1-4-9-17/h1-6,8-9,11-12,18,20,24H,7,10,13-16H2,(H,22,25). The molecule has 4 nitrogen and oxygen atoms in total. The van der Waals surface area contributed by atoms with Crippen LogP contribution in [0, 0.1) is 5.92 Å². The maximum absolute atomic E-state index is 12.2. The number of carbonyl (C=O) groups excluding carboxylic acids is 1. The number of nitrogens with one attached hydrogen (secondary N) is 1. The Morgan fingerprint density at radius 3 is 2.52 bits per heavy atom. The monoisotopic (exact) mass is 338 g/mol. The molecule has 4 heteroatoms. The third-order valence-electron chi connectivity index (χ3n) is 4.78. The Hall–Kier alpha value is -2.17. The van der Waals surface area contributed by atoms with E-state index >= 15 is 0 Å². The van der Waals surface area contributed by atoms with Gasteiger partial charge in [0.15, 0.2) is 6.10 Å². The van der Waals surface area contributed by atoms with Crippen LogP contribution in [-0.2, 0) is 11.3 Å². The van der Waals surface area contributed by atoms with Gasteiger partial charge in [-0.1, -0.05) is 60.7 Å². The second kappa shape index (κ2) is 8.79. The fourth-order valence-electron chi connectivity index (χ4n) is 3.43. The molecule has 1 aliphatic rings. The number of aliphatic hydroxyl groups excluding tert-OH is 1. The molecule has 3 rings (SSSR count). The highest BCUT2D eigenvalue weighted by Gasteiger charge is 2.22. The number of hydrogen-bond acceptors (Lipinski definition) is 3. The molecule has 132 valence electrons. The summed E-state index contributed by atoms with van der Waals surface area (Å²) >= 11 is 0. The van der Waals surface area contributed by atoms with E-state index in [0.717, 1.165) is 32.5 Å². The van der Waals surface area contributed by atoms with E-state index in [-0.39, 0.29) is 5.91 Å². The number of rotatable bonds is 6. The molecule has 2 aromatic rings. The molecule has 2 atom stereocenters. The Morgan fingerprint density at radius 1 is 1.12 bits per heavy atom. The number of benzene rings is 2. The number of likely N-dealkylation sites (tertiary alicyclic amines) is 1. The summed E-state index contributed by atoms with van der Waals surface area (Å²) in [6, 6.07) is 19.6. The quantitative estimate of drug-likeness (QED) is 0.851. The fourth-order valence-corrected chi connectivity index (χ4v) is 3.43. The van der Waals surface area contributed by atoms with Crippen LogP contribution in [0.5, 0.6) is 0 Å². The van der Waals surface area contributed by atoms with Gasteiger partial charge in [-0.05, 0) is 36.4 Å². The predicted octanol–water partition coefficient (Wildman–Crippen LogP) is 2.75. The Labute approximate surface area is 149 Å². The van der Waals surface area contributed by atoms with Crippen LogP contribution in [0.4, 0.5) is 0 Å². The van der Waals surface area contributed by atoms with Crippen molar-refractivity contribution in [2.45, 2.75) is 25.5 Å². The van der Waals surface area contributed by atoms with Crippen LogP contribution in [0.25, 0.3) is 0 Å². The summed E-state index contributed by atoms with van der Waals surface area (Å²) in [4.78, 5) is 14.6. The minimum atomic E-state index is -1.09. The average molecular weight is 338 g/mol. The van der Waals surface area contributed by atoms with Crippen molar-refractivity contribution in [1.82, 2.24) is 10.2 Å². The van der Waals surface area contributed by atoms with E-state index in [4.69, 9.17) is 0 Å². The van der Waals surface area contributed by atoms with E-state index < -0.39 is 6.10 Å². The van der Waals surface area contributed by atoms with Crippen molar-refractivity contribution >= 4 is 5.91 Å². The smallest absolute Gasteiger partial charge is 0.253 e. The molecule has 1 fully saturated rings. The molecule has 2 unspecified atom stereocenters. The van der Waals surface area contributed by atoms with Gasteiger partial charge in [-0.25, -0.2) is 0 Å². The topological polar surface area (TPSA) is 52.6 Å². The average Bonchev–Trinajstić information content (AvgIpc) is 2.67. The number of aliphatic hydroxyl groups is 1. The lowest BCUT2D eigenvalue weighted by Crippen LogP contribution is -2.41. The van der Waals surface area contributed by atoms with Crippen molar-refractivity contribution in [1.29, 1.82) is 0 Å². The number of amides is 1. The zero-order valence-electron chi connectivity index (χ0n) is 14.5. The molecule has 1 aliphatic heterocycles. The second-order valence-electron chi connectivity index (χ2n) is 6.79. The minimum Gasteiger partial charge on any atom is -0.378 e. The molecule has 2 N–H and O–H groups in total. The van der Waals surface area contributed by atoms with E-state index in [1.54, 1.807) is 12.1 Å². The normalized spacial score (nSPS) is 19.3. The van der Waals surface area contributed by atoms with Crippen LogP contribution in [0.3, 0.4) is 0 Å². The van der Waals surface area contributed by atoms with Gasteiger partial charge in [-0.2, -0.15) is 0 Å². The zero-order valence-corrected chi connectivity index (χ0v) is 14.5. The molecule has 0 saturated carbocycles. The number of carbonyl (C=O) groups is 1. The maximum atomic E-state index is 12.2. The van der Waals surface area contributed by atoms with Crippen molar-refractivity contribution in [2.24, 2.45) is 5.92 Å². The van der Waals surface area contributed by atoms with Gasteiger partial charge >= 0.3 is 0 Å². The maximum Gasteiger partial charge on any atom is 0.253 e. The van der Waals surface area contributed by atoms with E-state index in [2.05, 4.69) is 34.5 Å². The summed E-state index contributed by atoms with van der Waals surface area (Å²) in [6.45, 7) is 3.66. The van der Waals surface area contributed by atoms with Crippen molar-refractivity contribution in [2.75, 3.05) is 19.6 Å². The highest BCUT2D eigenvalue weighted by Crippen LogP contribution is 2.19. The molecular formula is C21H26N2O2. The Balaban J connectivity index is 1.47. The summed E-state index contributed by atoms with van der Waals surface area (Å²) in [6.07, 6.45) is 1.17. The van der Waals surface area contributed by atoms with E-state index in [0.29, 0.717) is 18.0 Å². The van der Waals surface area contributed by atoms with Gasteiger partial charge in [-0.3, -0.25) is 9.69 Å².